The number of ether oxygens (including phenoxy) is 4. The van der Waals surface area contributed by atoms with Crippen LogP contribution >= 0.6 is 0 Å². The molecule has 0 bridgehead atoms. The molecule has 0 aliphatic heterocycles. The van der Waals surface area contributed by atoms with Crippen molar-refractivity contribution < 1.29 is 18.9 Å². The largest absolute Gasteiger partial charge is 0.491 e. The van der Waals surface area contributed by atoms with Gasteiger partial charge in [-0.25, -0.2) is 0 Å². The topological polar surface area (TPSA) is 62.9 Å². The maximum Gasteiger partial charge on any atom is 0.119 e. The maximum absolute atomic E-state index is 5.55. The Kier molecular flexibility index (Phi) is 9.87. The first kappa shape index (κ1) is 16.9. The van der Waals surface area contributed by atoms with Crippen LogP contribution in [0.15, 0.2) is 24.3 Å². The van der Waals surface area contributed by atoms with Gasteiger partial charge in [0.25, 0.3) is 0 Å². The fourth-order valence-corrected chi connectivity index (χ4v) is 1.55. The Morgan fingerprint density at radius 3 is 2.10 bits per heavy atom. The van der Waals surface area contributed by atoms with Crippen LogP contribution in [-0.4, -0.2) is 46.8 Å². The summed E-state index contributed by atoms with van der Waals surface area (Å²) >= 11 is 0. The Hall–Kier alpha value is -1.14. The Balaban J connectivity index is 1.91. The van der Waals surface area contributed by atoms with Crippen LogP contribution in [-0.2, 0) is 20.8 Å². The highest BCUT2D eigenvalue weighted by Crippen LogP contribution is 2.11. The van der Waals surface area contributed by atoms with Crippen LogP contribution in [0.2, 0.25) is 0 Å². The van der Waals surface area contributed by atoms with E-state index in [1.165, 1.54) is 0 Å². The zero-order valence-electron chi connectivity index (χ0n) is 12.2. The third kappa shape index (κ3) is 8.12. The van der Waals surface area contributed by atoms with Crippen molar-refractivity contribution in [3.05, 3.63) is 29.8 Å². The molecule has 2 N–H and O–H groups in total. The van der Waals surface area contributed by atoms with Crippen LogP contribution in [0.4, 0.5) is 0 Å². The molecule has 0 fully saturated rings. The third-order valence-electron chi connectivity index (χ3n) is 2.66. The summed E-state index contributed by atoms with van der Waals surface area (Å²) in [7, 11) is 1.66. The summed E-state index contributed by atoms with van der Waals surface area (Å²) in [5.41, 5.74) is 6.63. The van der Waals surface area contributed by atoms with Crippen molar-refractivity contribution in [1.82, 2.24) is 0 Å². The molecule has 0 aliphatic rings. The highest BCUT2D eigenvalue weighted by Gasteiger charge is 1.95. The maximum atomic E-state index is 5.55. The number of methoxy groups -OCH3 is 1. The summed E-state index contributed by atoms with van der Waals surface area (Å²) in [5, 5.41) is 0. The van der Waals surface area contributed by atoms with Gasteiger partial charge in [0.15, 0.2) is 0 Å². The summed E-state index contributed by atoms with van der Waals surface area (Å²) in [6.45, 7) is 4.34. The average molecular weight is 283 g/mol. The van der Waals surface area contributed by atoms with Gasteiger partial charge in [0.1, 0.15) is 12.4 Å². The first-order valence-corrected chi connectivity index (χ1v) is 6.93. The van der Waals surface area contributed by atoms with Gasteiger partial charge in [-0.1, -0.05) is 12.1 Å². The monoisotopic (exact) mass is 283 g/mol. The van der Waals surface area contributed by atoms with Gasteiger partial charge in [-0.2, -0.15) is 0 Å². The molecule has 0 spiro atoms. The minimum Gasteiger partial charge on any atom is -0.491 e. The first-order valence-electron chi connectivity index (χ1n) is 6.93. The molecule has 0 heterocycles. The standard InChI is InChI=1S/C15H25NO4/c1-17-9-10-18-7-2-8-19-11-12-20-15-5-3-14(13-16)4-6-15/h3-6H,2,7-13,16H2,1H3. The Labute approximate surface area is 121 Å². The lowest BCUT2D eigenvalue weighted by molar-refractivity contribution is 0.0459. The van der Waals surface area contributed by atoms with Crippen molar-refractivity contribution in [3.8, 4) is 5.75 Å². The van der Waals surface area contributed by atoms with E-state index in [0.717, 1.165) is 17.7 Å². The zero-order chi connectivity index (χ0) is 14.5. The predicted molar refractivity (Wildman–Crippen MR) is 78.0 cm³/mol. The number of benzene rings is 1. The minimum atomic E-state index is 0.548. The molecule has 5 heteroatoms. The molecule has 0 saturated heterocycles. The Morgan fingerprint density at radius 2 is 1.50 bits per heavy atom. The van der Waals surface area contributed by atoms with Crippen molar-refractivity contribution in [2.75, 3.05) is 46.8 Å². The van der Waals surface area contributed by atoms with E-state index in [4.69, 9.17) is 24.7 Å². The van der Waals surface area contributed by atoms with Crippen LogP contribution in [0.5, 0.6) is 5.75 Å². The third-order valence-corrected chi connectivity index (χ3v) is 2.66. The Bertz CT molecular complexity index is 329. The van der Waals surface area contributed by atoms with Gasteiger partial charge in [-0.05, 0) is 24.1 Å². The van der Waals surface area contributed by atoms with Gasteiger partial charge in [0.2, 0.25) is 0 Å². The molecule has 0 unspecified atom stereocenters. The molecular weight excluding hydrogens is 258 g/mol. The fourth-order valence-electron chi connectivity index (χ4n) is 1.55. The van der Waals surface area contributed by atoms with Gasteiger partial charge in [-0.15, -0.1) is 0 Å². The van der Waals surface area contributed by atoms with Gasteiger partial charge >= 0.3 is 0 Å². The molecule has 0 saturated carbocycles. The lowest BCUT2D eigenvalue weighted by Gasteiger charge is -2.08. The van der Waals surface area contributed by atoms with E-state index in [1.807, 2.05) is 24.3 Å². The normalized spacial score (nSPS) is 10.7. The van der Waals surface area contributed by atoms with Gasteiger partial charge in [0, 0.05) is 26.9 Å². The molecule has 0 radical (unpaired) electrons. The lowest BCUT2D eigenvalue weighted by atomic mass is 10.2. The summed E-state index contributed by atoms with van der Waals surface area (Å²) in [5.74, 6) is 0.841. The van der Waals surface area contributed by atoms with E-state index < -0.39 is 0 Å². The molecule has 114 valence electrons. The second-order valence-electron chi connectivity index (χ2n) is 4.27. The van der Waals surface area contributed by atoms with E-state index in [0.29, 0.717) is 46.2 Å². The SMILES string of the molecule is COCCOCCCOCCOc1ccc(CN)cc1. The Morgan fingerprint density at radius 1 is 0.850 bits per heavy atom. The van der Waals surface area contributed by atoms with Gasteiger partial charge in [0.05, 0.1) is 19.8 Å². The molecule has 5 nitrogen and oxygen atoms in total. The summed E-state index contributed by atoms with van der Waals surface area (Å²) in [6.07, 6.45) is 0.884. The van der Waals surface area contributed by atoms with Crippen molar-refractivity contribution >= 4 is 0 Å². The number of hydrogen-bond acceptors (Lipinski definition) is 5. The molecule has 0 aliphatic carbocycles. The van der Waals surface area contributed by atoms with E-state index in [-0.39, 0.29) is 0 Å². The lowest BCUT2D eigenvalue weighted by Crippen LogP contribution is -2.10. The van der Waals surface area contributed by atoms with Crippen LogP contribution in [0.25, 0.3) is 0 Å². The summed E-state index contributed by atoms with van der Waals surface area (Å²) in [4.78, 5) is 0. The second-order valence-corrected chi connectivity index (χ2v) is 4.27. The number of hydrogen-bond donors (Lipinski definition) is 1. The van der Waals surface area contributed by atoms with Crippen LogP contribution in [0, 0.1) is 0 Å². The molecule has 1 aromatic carbocycles. The van der Waals surface area contributed by atoms with Crippen molar-refractivity contribution in [3.63, 3.8) is 0 Å². The highest BCUT2D eigenvalue weighted by molar-refractivity contribution is 5.26. The van der Waals surface area contributed by atoms with Crippen molar-refractivity contribution in [2.24, 2.45) is 5.73 Å². The molecule has 1 rings (SSSR count). The first-order chi connectivity index (χ1) is 9.86. The van der Waals surface area contributed by atoms with E-state index in [9.17, 15) is 0 Å². The summed E-state index contributed by atoms with van der Waals surface area (Å²) in [6, 6.07) is 7.78. The van der Waals surface area contributed by atoms with Gasteiger partial charge < -0.3 is 24.7 Å². The predicted octanol–water partition coefficient (Wildman–Crippen LogP) is 1.59. The zero-order valence-corrected chi connectivity index (χ0v) is 12.2. The molecule has 1 aromatic rings. The molecule has 0 amide bonds. The van der Waals surface area contributed by atoms with Crippen LogP contribution in [0.1, 0.15) is 12.0 Å². The number of nitrogens with two attached hydrogens (primary N) is 1. The van der Waals surface area contributed by atoms with Crippen LogP contribution < -0.4 is 10.5 Å². The smallest absolute Gasteiger partial charge is 0.119 e. The van der Waals surface area contributed by atoms with E-state index in [2.05, 4.69) is 0 Å². The fraction of sp³-hybridized carbons (Fsp3) is 0.600. The highest BCUT2D eigenvalue weighted by atomic mass is 16.5. The molecular formula is C15H25NO4. The molecule has 20 heavy (non-hydrogen) atoms. The second kappa shape index (κ2) is 11.7. The van der Waals surface area contributed by atoms with Gasteiger partial charge in [-0.3, -0.25) is 0 Å². The van der Waals surface area contributed by atoms with Crippen molar-refractivity contribution in [2.45, 2.75) is 13.0 Å². The van der Waals surface area contributed by atoms with Crippen molar-refractivity contribution in [1.29, 1.82) is 0 Å². The van der Waals surface area contributed by atoms with Crippen LogP contribution in [0.3, 0.4) is 0 Å². The minimum absolute atomic E-state index is 0.548. The molecule has 0 aromatic heterocycles. The quantitative estimate of drug-likeness (QED) is 0.590. The summed E-state index contributed by atoms with van der Waals surface area (Å²) < 4.78 is 21.2. The number of rotatable bonds is 12. The average Bonchev–Trinajstić information content (AvgIpc) is 2.50. The molecule has 0 atom stereocenters. The van der Waals surface area contributed by atoms with E-state index >= 15 is 0 Å². The van der Waals surface area contributed by atoms with E-state index in [1.54, 1.807) is 7.11 Å².